The SMILES string of the molecule is O=C1O[C@@H](CNC(=S)NCCN2CCCCC2)CN1c1ccc(-n2nc3ccccc3n2)c(F)c1. The maximum absolute atomic E-state index is 14.9. The van der Waals surface area contributed by atoms with Crippen LogP contribution in [0.15, 0.2) is 42.5 Å². The molecule has 0 radical (unpaired) electrons. The van der Waals surface area contributed by atoms with Gasteiger partial charge in [0.25, 0.3) is 0 Å². The van der Waals surface area contributed by atoms with Gasteiger partial charge < -0.3 is 20.3 Å². The molecule has 3 aromatic rings. The molecule has 2 aromatic carbocycles. The largest absolute Gasteiger partial charge is 0.442 e. The first-order valence-corrected chi connectivity index (χ1v) is 12.3. The lowest BCUT2D eigenvalue weighted by Gasteiger charge is -2.26. The third-order valence-corrected chi connectivity index (χ3v) is 6.56. The molecule has 5 rings (SSSR count). The predicted octanol–water partition coefficient (Wildman–Crippen LogP) is 2.83. The van der Waals surface area contributed by atoms with E-state index in [4.69, 9.17) is 17.0 Å². The van der Waals surface area contributed by atoms with Crippen molar-refractivity contribution in [3.8, 4) is 5.69 Å². The summed E-state index contributed by atoms with van der Waals surface area (Å²) in [6.07, 6.45) is 2.92. The number of fused-ring (bicyclic) bond motifs is 1. The number of ether oxygens (including phenoxy) is 1. The van der Waals surface area contributed by atoms with E-state index in [1.165, 1.54) is 35.0 Å². The van der Waals surface area contributed by atoms with Crippen LogP contribution in [-0.4, -0.2) is 76.5 Å². The molecule has 1 amide bonds. The van der Waals surface area contributed by atoms with Crippen molar-refractivity contribution in [3.05, 3.63) is 48.3 Å². The van der Waals surface area contributed by atoms with Crippen molar-refractivity contribution in [2.75, 3.05) is 44.2 Å². The van der Waals surface area contributed by atoms with Gasteiger partial charge in [-0.3, -0.25) is 4.90 Å². The van der Waals surface area contributed by atoms with Crippen LogP contribution in [0.25, 0.3) is 16.7 Å². The van der Waals surface area contributed by atoms with Gasteiger partial charge in [-0.05, 0) is 62.4 Å². The van der Waals surface area contributed by atoms with Crippen molar-refractivity contribution in [2.24, 2.45) is 0 Å². The van der Waals surface area contributed by atoms with Gasteiger partial charge in [-0.2, -0.15) is 0 Å². The second-order valence-electron chi connectivity index (χ2n) is 8.77. The second-order valence-corrected chi connectivity index (χ2v) is 9.18. The average Bonchev–Trinajstić information content (AvgIpc) is 3.46. The van der Waals surface area contributed by atoms with E-state index < -0.39 is 18.0 Å². The Labute approximate surface area is 208 Å². The topological polar surface area (TPSA) is 87.5 Å². The summed E-state index contributed by atoms with van der Waals surface area (Å²) in [5.41, 5.74) is 1.97. The fourth-order valence-corrected chi connectivity index (χ4v) is 4.60. The Balaban J connectivity index is 1.13. The Bertz CT molecular complexity index is 1180. The first-order chi connectivity index (χ1) is 17.1. The molecule has 0 unspecified atom stereocenters. The number of thiocarbonyl (C=S) groups is 1. The summed E-state index contributed by atoms with van der Waals surface area (Å²) >= 11 is 5.35. The molecule has 1 atom stereocenters. The van der Waals surface area contributed by atoms with E-state index in [1.54, 1.807) is 12.1 Å². The molecule has 0 spiro atoms. The minimum atomic E-state index is -0.531. The van der Waals surface area contributed by atoms with E-state index in [2.05, 4.69) is 25.7 Å². The number of hydrogen-bond donors (Lipinski definition) is 2. The number of amides is 1. The molecule has 0 bridgehead atoms. The Hall–Kier alpha value is -3.31. The molecule has 35 heavy (non-hydrogen) atoms. The van der Waals surface area contributed by atoms with Crippen LogP contribution in [0.5, 0.6) is 0 Å². The summed E-state index contributed by atoms with van der Waals surface area (Å²) in [5, 5.41) is 15.5. The maximum atomic E-state index is 14.9. The van der Waals surface area contributed by atoms with Crippen LogP contribution >= 0.6 is 12.2 Å². The van der Waals surface area contributed by atoms with Crippen molar-refractivity contribution >= 4 is 40.1 Å². The first kappa shape index (κ1) is 23.4. The number of carbonyl (C=O) groups excluding carboxylic acids is 1. The van der Waals surface area contributed by atoms with Crippen LogP contribution in [0.3, 0.4) is 0 Å². The molecule has 2 fully saturated rings. The van der Waals surface area contributed by atoms with Crippen molar-refractivity contribution in [1.29, 1.82) is 0 Å². The normalized spacial score (nSPS) is 18.6. The molecule has 2 N–H and O–H groups in total. The fourth-order valence-electron chi connectivity index (χ4n) is 4.41. The van der Waals surface area contributed by atoms with Crippen molar-refractivity contribution < 1.29 is 13.9 Å². The Kier molecular flexibility index (Phi) is 7.05. The molecule has 0 saturated carbocycles. The molecule has 1 aromatic heterocycles. The Morgan fingerprint density at radius 3 is 2.54 bits per heavy atom. The van der Waals surface area contributed by atoms with Crippen LogP contribution in [-0.2, 0) is 4.74 Å². The van der Waals surface area contributed by atoms with Crippen molar-refractivity contribution in [2.45, 2.75) is 25.4 Å². The first-order valence-electron chi connectivity index (χ1n) is 11.9. The summed E-state index contributed by atoms with van der Waals surface area (Å²) in [7, 11) is 0. The third kappa shape index (κ3) is 5.51. The van der Waals surface area contributed by atoms with Gasteiger partial charge in [0, 0.05) is 19.2 Å². The molecule has 11 heteroatoms. The zero-order valence-electron chi connectivity index (χ0n) is 19.3. The summed E-state index contributed by atoms with van der Waals surface area (Å²) < 4.78 is 20.4. The van der Waals surface area contributed by atoms with Crippen molar-refractivity contribution in [3.63, 3.8) is 0 Å². The lowest BCUT2D eigenvalue weighted by molar-refractivity contribution is 0.142. The molecular weight excluding hydrogens is 469 g/mol. The van der Waals surface area contributed by atoms with Gasteiger partial charge in [-0.1, -0.05) is 18.6 Å². The minimum absolute atomic E-state index is 0.205. The molecule has 2 aliphatic heterocycles. The number of carbonyl (C=O) groups is 1. The number of nitrogens with zero attached hydrogens (tertiary/aromatic N) is 5. The summed E-state index contributed by atoms with van der Waals surface area (Å²) in [5.74, 6) is -0.531. The number of aromatic nitrogens is 3. The van der Waals surface area contributed by atoms with Crippen LogP contribution in [0, 0.1) is 5.82 Å². The van der Waals surface area contributed by atoms with Crippen LogP contribution in [0.4, 0.5) is 14.9 Å². The fraction of sp³-hybridized carbons (Fsp3) is 0.417. The van der Waals surface area contributed by atoms with Gasteiger partial charge in [0.2, 0.25) is 0 Å². The van der Waals surface area contributed by atoms with E-state index in [9.17, 15) is 9.18 Å². The summed E-state index contributed by atoms with van der Waals surface area (Å²) in [6, 6.07) is 11.9. The number of hydrogen-bond acceptors (Lipinski definition) is 6. The molecule has 9 nitrogen and oxygen atoms in total. The quantitative estimate of drug-likeness (QED) is 0.482. The van der Waals surface area contributed by atoms with Gasteiger partial charge in [-0.15, -0.1) is 15.0 Å². The lowest BCUT2D eigenvalue weighted by atomic mass is 10.1. The highest BCUT2D eigenvalue weighted by Gasteiger charge is 2.32. The molecule has 2 aliphatic rings. The van der Waals surface area contributed by atoms with E-state index in [-0.39, 0.29) is 5.69 Å². The average molecular weight is 498 g/mol. The van der Waals surface area contributed by atoms with Gasteiger partial charge >= 0.3 is 6.09 Å². The number of piperidine rings is 1. The summed E-state index contributed by atoms with van der Waals surface area (Å²) in [4.78, 5) is 17.5. The standard InChI is InChI=1S/C24H28FN7O2S/c25-19-14-17(8-9-22(19)32-28-20-6-2-3-7-21(20)29-32)31-16-18(34-24(31)33)15-27-23(35)26-10-13-30-11-4-1-5-12-30/h2-3,6-9,14,18H,1,4-5,10-13,15-16H2,(H2,26,27,35)/t18-/m0/s1. The number of rotatable bonds is 7. The number of anilines is 1. The molecule has 2 saturated heterocycles. The van der Waals surface area contributed by atoms with E-state index in [0.717, 1.165) is 26.2 Å². The Morgan fingerprint density at radius 1 is 1.09 bits per heavy atom. The predicted molar refractivity (Wildman–Crippen MR) is 135 cm³/mol. The number of cyclic esters (lactones) is 1. The van der Waals surface area contributed by atoms with Crippen LogP contribution in [0.2, 0.25) is 0 Å². The smallest absolute Gasteiger partial charge is 0.414 e. The van der Waals surface area contributed by atoms with E-state index >= 15 is 0 Å². The van der Waals surface area contributed by atoms with Gasteiger partial charge in [0.1, 0.15) is 22.8 Å². The third-order valence-electron chi connectivity index (χ3n) is 6.27. The lowest BCUT2D eigenvalue weighted by Crippen LogP contribution is -2.44. The molecular formula is C24H28FN7O2S. The van der Waals surface area contributed by atoms with Gasteiger partial charge in [-0.25, -0.2) is 9.18 Å². The summed E-state index contributed by atoms with van der Waals surface area (Å²) in [6.45, 7) is 4.69. The molecule has 3 heterocycles. The van der Waals surface area contributed by atoms with E-state index in [0.29, 0.717) is 34.9 Å². The molecule has 184 valence electrons. The number of benzene rings is 2. The number of halogens is 1. The number of likely N-dealkylation sites (tertiary alicyclic amines) is 1. The zero-order chi connectivity index (χ0) is 24.2. The highest BCUT2D eigenvalue weighted by Crippen LogP contribution is 2.25. The maximum Gasteiger partial charge on any atom is 0.414 e. The second kappa shape index (κ2) is 10.5. The molecule has 0 aliphatic carbocycles. The van der Waals surface area contributed by atoms with E-state index in [1.807, 2.05) is 24.3 Å². The Morgan fingerprint density at radius 2 is 1.83 bits per heavy atom. The van der Waals surface area contributed by atoms with Crippen LogP contribution < -0.4 is 15.5 Å². The highest BCUT2D eigenvalue weighted by atomic mass is 32.1. The van der Waals surface area contributed by atoms with Gasteiger partial charge in [0.05, 0.1) is 18.8 Å². The van der Waals surface area contributed by atoms with Crippen LogP contribution in [0.1, 0.15) is 19.3 Å². The number of nitrogens with one attached hydrogen (secondary N) is 2. The zero-order valence-corrected chi connectivity index (χ0v) is 20.1. The highest BCUT2D eigenvalue weighted by molar-refractivity contribution is 7.80. The minimum Gasteiger partial charge on any atom is -0.442 e. The monoisotopic (exact) mass is 497 g/mol. The van der Waals surface area contributed by atoms with Crippen molar-refractivity contribution in [1.82, 2.24) is 30.5 Å². The van der Waals surface area contributed by atoms with Gasteiger partial charge in [0.15, 0.2) is 10.9 Å².